The number of aryl methyl sites for hydroxylation is 1. The Labute approximate surface area is 184 Å². The number of halogens is 1. The van der Waals surface area contributed by atoms with Crippen LogP contribution in [0.2, 0.25) is 0 Å². The first kappa shape index (κ1) is 18.6. The van der Waals surface area contributed by atoms with Crippen LogP contribution in [0.1, 0.15) is 4.88 Å². The number of hydrogen-bond donors (Lipinski definition) is 3. The number of nitrogens with two attached hydrogens (primary N) is 1. The molecule has 6 aromatic heterocycles. The number of rotatable bonds is 3. The molecule has 6 heterocycles. The van der Waals surface area contributed by atoms with E-state index >= 15 is 4.39 Å². The Kier molecular flexibility index (Phi) is 4.02. The van der Waals surface area contributed by atoms with Crippen molar-refractivity contribution < 1.29 is 4.39 Å². The summed E-state index contributed by atoms with van der Waals surface area (Å²) in [4.78, 5) is 22.9. The Bertz CT molecular complexity index is 1630. The highest BCUT2D eigenvalue weighted by Crippen LogP contribution is 2.35. The van der Waals surface area contributed by atoms with Gasteiger partial charge in [-0.3, -0.25) is 15.1 Å². The Balaban J connectivity index is 1.55. The second-order valence-electron chi connectivity index (χ2n) is 7.34. The van der Waals surface area contributed by atoms with Crippen LogP contribution in [-0.2, 0) is 0 Å². The summed E-state index contributed by atoms with van der Waals surface area (Å²) in [5, 5.41) is 7.44. The van der Waals surface area contributed by atoms with Crippen molar-refractivity contribution in [1.82, 2.24) is 35.1 Å². The van der Waals surface area contributed by atoms with E-state index in [2.05, 4.69) is 49.2 Å². The van der Waals surface area contributed by atoms with Crippen LogP contribution in [0, 0.1) is 12.7 Å². The van der Waals surface area contributed by atoms with E-state index in [1.165, 1.54) is 23.5 Å². The first-order valence-corrected chi connectivity index (χ1v) is 10.6. The average Bonchev–Trinajstić information content (AvgIpc) is 3.51. The summed E-state index contributed by atoms with van der Waals surface area (Å²) in [7, 11) is 0. The zero-order valence-electron chi connectivity index (χ0n) is 16.7. The van der Waals surface area contributed by atoms with Crippen molar-refractivity contribution in [2.75, 3.05) is 5.73 Å². The Morgan fingerprint density at radius 2 is 1.97 bits per heavy atom. The molecule has 0 fully saturated rings. The number of aromatic amines is 2. The molecule has 0 radical (unpaired) electrons. The molecule has 4 N–H and O–H groups in total. The molecule has 0 amide bonds. The van der Waals surface area contributed by atoms with Gasteiger partial charge in [-0.2, -0.15) is 5.10 Å². The zero-order chi connectivity index (χ0) is 21.8. The number of anilines is 1. The molecule has 0 aliphatic carbocycles. The predicted octanol–water partition coefficient (Wildman–Crippen LogP) is 4.72. The maximum atomic E-state index is 15.6. The van der Waals surface area contributed by atoms with Crippen LogP contribution >= 0.6 is 11.3 Å². The van der Waals surface area contributed by atoms with Crippen LogP contribution in [0.25, 0.3) is 55.3 Å². The highest BCUT2D eigenvalue weighted by Gasteiger charge is 2.21. The Morgan fingerprint density at radius 3 is 2.78 bits per heavy atom. The van der Waals surface area contributed by atoms with Crippen molar-refractivity contribution in [2.45, 2.75) is 6.92 Å². The van der Waals surface area contributed by atoms with Gasteiger partial charge in [-0.05, 0) is 31.2 Å². The third-order valence-electron chi connectivity index (χ3n) is 5.19. The summed E-state index contributed by atoms with van der Waals surface area (Å²) in [5.74, 6) is -0.109. The van der Waals surface area contributed by atoms with E-state index in [0.717, 1.165) is 10.4 Å². The van der Waals surface area contributed by atoms with Gasteiger partial charge in [-0.25, -0.2) is 14.4 Å². The van der Waals surface area contributed by atoms with Crippen molar-refractivity contribution in [2.24, 2.45) is 0 Å². The second-order valence-corrected chi connectivity index (χ2v) is 8.63. The fourth-order valence-corrected chi connectivity index (χ4v) is 4.63. The molecule has 8 nitrogen and oxygen atoms in total. The van der Waals surface area contributed by atoms with Gasteiger partial charge in [-0.15, -0.1) is 11.3 Å². The second kappa shape index (κ2) is 6.92. The highest BCUT2D eigenvalue weighted by atomic mass is 32.1. The number of pyridine rings is 3. The number of H-pyrrole nitrogens is 2. The van der Waals surface area contributed by atoms with Crippen LogP contribution in [-0.4, -0.2) is 35.1 Å². The molecule has 0 aromatic carbocycles. The summed E-state index contributed by atoms with van der Waals surface area (Å²) in [6.45, 7) is 2.06. The van der Waals surface area contributed by atoms with E-state index in [0.29, 0.717) is 39.4 Å². The van der Waals surface area contributed by atoms with Gasteiger partial charge in [0.25, 0.3) is 0 Å². The molecule has 0 bridgehead atoms. The minimum Gasteiger partial charge on any atom is -0.397 e. The lowest BCUT2D eigenvalue weighted by molar-refractivity contribution is 0.638. The van der Waals surface area contributed by atoms with Crippen molar-refractivity contribution >= 4 is 39.1 Å². The number of imidazole rings is 1. The van der Waals surface area contributed by atoms with Crippen LogP contribution < -0.4 is 5.73 Å². The quantitative estimate of drug-likeness (QED) is 0.365. The Hall–Kier alpha value is -4.18. The molecule has 0 atom stereocenters. The van der Waals surface area contributed by atoms with E-state index in [4.69, 9.17) is 10.7 Å². The molecule has 0 aliphatic heterocycles. The molecule has 32 heavy (non-hydrogen) atoms. The summed E-state index contributed by atoms with van der Waals surface area (Å²) in [5.41, 5.74) is 9.95. The molecule has 6 rings (SSSR count). The first-order chi connectivity index (χ1) is 15.6. The van der Waals surface area contributed by atoms with E-state index in [9.17, 15) is 0 Å². The third-order valence-corrected chi connectivity index (χ3v) is 6.23. The molecule has 0 spiro atoms. The van der Waals surface area contributed by atoms with Crippen LogP contribution in [0.15, 0.2) is 49.1 Å². The highest BCUT2D eigenvalue weighted by molar-refractivity contribution is 7.15. The summed E-state index contributed by atoms with van der Waals surface area (Å²) in [6, 6.07) is 7.68. The standard InChI is InChI=1S/C22H15FN8S/c1-10-2-3-15(32-10)13-4-5-26-21-19(13)28-22(29-21)20-16-14(30-31-20)9-27-18(17(16)23)11-6-12(24)8-25-7-11/h2-9H,24H2,1H3,(H,30,31)(H,26,28,29). The van der Waals surface area contributed by atoms with Crippen molar-refractivity contribution in [3.8, 4) is 33.2 Å². The van der Waals surface area contributed by atoms with E-state index < -0.39 is 5.82 Å². The summed E-state index contributed by atoms with van der Waals surface area (Å²) >= 11 is 1.68. The molecule has 156 valence electrons. The van der Waals surface area contributed by atoms with E-state index in [-0.39, 0.29) is 11.1 Å². The number of nitrogens with zero attached hydrogens (tertiary/aromatic N) is 5. The molecular formula is C22H15FN8S. The molecule has 0 saturated carbocycles. The van der Waals surface area contributed by atoms with Crippen molar-refractivity contribution in [3.63, 3.8) is 0 Å². The topological polar surface area (TPSA) is 122 Å². The fourth-order valence-electron chi connectivity index (χ4n) is 3.74. The van der Waals surface area contributed by atoms with Crippen molar-refractivity contribution in [3.05, 3.63) is 59.7 Å². The van der Waals surface area contributed by atoms with Crippen LogP contribution in [0.4, 0.5) is 10.1 Å². The maximum Gasteiger partial charge on any atom is 0.161 e. The van der Waals surface area contributed by atoms with Gasteiger partial charge < -0.3 is 10.7 Å². The number of thiophene rings is 1. The first-order valence-electron chi connectivity index (χ1n) is 9.74. The van der Waals surface area contributed by atoms with E-state index in [1.807, 2.05) is 6.07 Å². The predicted molar refractivity (Wildman–Crippen MR) is 122 cm³/mol. The fraction of sp³-hybridized carbons (Fsp3) is 0.0455. The minimum atomic E-state index is -0.527. The third kappa shape index (κ3) is 2.84. The summed E-state index contributed by atoms with van der Waals surface area (Å²) < 4.78 is 15.6. The molecular weight excluding hydrogens is 427 g/mol. The molecule has 0 saturated heterocycles. The normalized spacial score (nSPS) is 11.6. The Morgan fingerprint density at radius 1 is 1.06 bits per heavy atom. The van der Waals surface area contributed by atoms with Gasteiger partial charge in [0.2, 0.25) is 0 Å². The van der Waals surface area contributed by atoms with Crippen LogP contribution in [0.3, 0.4) is 0 Å². The molecule has 0 unspecified atom stereocenters. The molecule has 10 heteroatoms. The van der Waals surface area contributed by atoms with Gasteiger partial charge >= 0.3 is 0 Å². The van der Waals surface area contributed by atoms with Gasteiger partial charge in [0.15, 0.2) is 17.3 Å². The van der Waals surface area contributed by atoms with Crippen molar-refractivity contribution in [1.29, 1.82) is 0 Å². The smallest absolute Gasteiger partial charge is 0.161 e. The number of fused-ring (bicyclic) bond motifs is 2. The molecule has 0 aliphatic rings. The lowest BCUT2D eigenvalue weighted by atomic mass is 10.1. The number of aromatic nitrogens is 7. The lowest BCUT2D eigenvalue weighted by Crippen LogP contribution is -1.94. The number of hydrogen-bond acceptors (Lipinski definition) is 7. The summed E-state index contributed by atoms with van der Waals surface area (Å²) in [6.07, 6.45) is 6.28. The lowest BCUT2D eigenvalue weighted by Gasteiger charge is -2.04. The average molecular weight is 442 g/mol. The van der Waals surface area contributed by atoms with Crippen LogP contribution in [0.5, 0.6) is 0 Å². The monoisotopic (exact) mass is 442 g/mol. The van der Waals surface area contributed by atoms with Gasteiger partial charge in [0.05, 0.1) is 22.8 Å². The maximum absolute atomic E-state index is 15.6. The number of nitrogen functional groups attached to an aromatic ring is 1. The molecule has 6 aromatic rings. The largest absolute Gasteiger partial charge is 0.397 e. The number of nitrogens with one attached hydrogen (secondary N) is 2. The van der Waals surface area contributed by atoms with Gasteiger partial charge in [0, 0.05) is 39.5 Å². The zero-order valence-corrected chi connectivity index (χ0v) is 17.5. The van der Waals surface area contributed by atoms with Gasteiger partial charge in [0.1, 0.15) is 16.9 Å². The minimum absolute atomic E-state index is 0.143. The van der Waals surface area contributed by atoms with E-state index in [1.54, 1.807) is 23.6 Å². The van der Waals surface area contributed by atoms with Gasteiger partial charge in [-0.1, -0.05) is 0 Å². The SMILES string of the molecule is Cc1ccc(-c2ccnc3[nH]c(-c4n[nH]c5cnc(-c6cncc(N)c6)c(F)c45)nc23)s1.